The number of hydrogen-bond acceptors (Lipinski definition) is 4. The predicted molar refractivity (Wildman–Crippen MR) is 109 cm³/mol. The second-order valence-corrected chi connectivity index (χ2v) is 7.42. The van der Waals surface area contributed by atoms with E-state index in [1.54, 1.807) is 0 Å². The minimum atomic E-state index is -0.281. The van der Waals surface area contributed by atoms with Crippen molar-refractivity contribution in [2.75, 3.05) is 6.61 Å². The standard InChI is InChI=1S/C23H16O3S/c1-2-25-23(24)21-13-17-16-9-5-6-10-19(16)26-20-12-15-8-4-3-7-14(15)11-18(20)22(17)27-21/h3-13H,2H2,1H3. The van der Waals surface area contributed by atoms with Crippen molar-refractivity contribution in [2.24, 2.45) is 0 Å². The molecule has 1 aromatic heterocycles. The first-order valence-corrected chi connectivity index (χ1v) is 9.67. The molecule has 2 heterocycles. The summed E-state index contributed by atoms with van der Waals surface area (Å²) < 4.78 is 11.5. The molecular formula is C23H16O3S. The van der Waals surface area contributed by atoms with E-state index >= 15 is 0 Å². The molecule has 0 saturated heterocycles. The smallest absolute Gasteiger partial charge is 0.348 e. The third-order valence-electron chi connectivity index (χ3n) is 4.70. The van der Waals surface area contributed by atoms with Crippen molar-refractivity contribution in [2.45, 2.75) is 6.92 Å². The highest BCUT2D eigenvalue weighted by Gasteiger charge is 2.25. The van der Waals surface area contributed by atoms with Crippen LogP contribution in [0, 0.1) is 0 Å². The molecular weight excluding hydrogens is 356 g/mol. The van der Waals surface area contributed by atoms with Gasteiger partial charge in [0, 0.05) is 21.6 Å². The Morgan fingerprint density at radius 1 is 0.889 bits per heavy atom. The Morgan fingerprint density at radius 3 is 2.44 bits per heavy atom. The highest BCUT2D eigenvalue weighted by molar-refractivity contribution is 7.18. The van der Waals surface area contributed by atoms with E-state index in [4.69, 9.17) is 9.47 Å². The van der Waals surface area contributed by atoms with E-state index in [2.05, 4.69) is 24.3 Å². The fourth-order valence-corrected chi connectivity index (χ4v) is 4.56. The van der Waals surface area contributed by atoms with Crippen LogP contribution in [0.5, 0.6) is 11.5 Å². The Hall–Kier alpha value is -3.11. The van der Waals surface area contributed by atoms with E-state index in [1.165, 1.54) is 11.3 Å². The van der Waals surface area contributed by atoms with Gasteiger partial charge in [0.05, 0.1) is 6.61 Å². The zero-order chi connectivity index (χ0) is 18.4. The molecule has 1 aliphatic heterocycles. The Bertz CT molecular complexity index is 1190. The van der Waals surface area contributed by atoms with Crippen molar-refractivity contribution in [1.82, 2.24) is 0 Å². The molecule has 0 unspecified atom stereocenters. The molecule has 3 nitrogen and oxygen atoms in total. The lowest BCUT2D eigenvalue weighted by atomic mass is 10.00. The summed E-state index contributed by atoms with van der Waals surface area (Å²) in [4.78, 5) is 14.0. The van der Waals surface area contributed by atoms with Gasteiger partial charge in [0.1, 0.15) is 16.4 Å². The minimum absolute atomic E-state index is 0.281. The summed E-state index contributed by atoms with van der Waals surface area (Å²) in [6.45, 7) is 2.18. The molecule has 27 heavy (non-hydrogen) atoms. The number of hydrogen-bond donors (Lipinski definition) is 0. The molecule has 4 heteroatoms. The Kier molecular flexibility index (Phi) is 3.73. The van der Waals surface area contributed by atoms with Crippen molar-refractivity contribution in [3.8, 4) is 33.1 Å². The Morgan fingerprint density at radius 2 is 1.63 bits per heavy atom. The molecule has 4 aromatic rings. The summed E-state index contributed by atoms with van der Waals surface area (Å²) in [7, 11) is 0. The maximum Gasteiger partial charge on any atom is 0.348 e. The van der Waals surface area contributed by atoms with Gasteiger partial charge < -0.3 is 9.47 Å². The Labute approximate surface area is 160 Å². The van der Waals surface area contributed by atoms with Crippen LogP contribution in [0.3, 0.4) is 0 Å². The van der Waals surface area contributed by atoms with E-state index in [0.29, 0.717) is 11.5 Å². The van der Waals surface area contributed by atoms with Gasteiger partial charge in [-0.15, -0.1) is 11.3 Å². The molecule has 0 N–H and O–H groups in total. The second-order valence-electron chi connectivity index (χ2n) is 6.37. The number of esters is 1. The van der Waals surface area contributed by atoms with Gasteiger partial charge in [0.25, 0.3) is 0 Å². The van der Waals surface area contributed by atoms with Crippen molar-refractivity contribution in [3.05, 3.63) is 71.6 Å². The van der Waals surface area contributed by atoms with Gasteiger partial charge in [-0.05, 0) is 42.0 Å². The zero-order valence-corrected chi connectivity index (χ0v) is 15.5. The van der Waals surface area contributed by atoms with Crippen LogP contribution in [-0.4, -0.2) is 12.6 Å². The van der Waals surface area contributed by atoms with Crippen LogP contribution >= 0.6 is 11.3 Å². The fraction of sp³-hybridized carbons (Fsp3) is 0.0870. The lowest BCUT2D eigenvalue weighted by Crippen LogP contribution is -2.01. The fourth-order valence-electron chi connectivity index (χ4n) is 3.47. The topological polar surface area (TPSA) is 35.5 Å². The summed E-state index contributed by atoms with van der Waals surface area (Å²) in [6, 6.07) is 22.3. The molecule has 0 atom stereocenters. The third-order valence-corrected chi connectivity index (χ3v) is 5.85. The number of carbonyl (C=O) groups excluding carboxylic acids is 1. The number of rotatable bonds is 2. The molecule has 0 saturated carbocycles. The molecule has 0 aliphatic carbocycles. The minimum Gasteiger partial charge on any atom is -0.462 e. The monoisotopic (exact) mass is 372 g/mol. The van der Waals surface area contributed by atoms with E-state index in [-0.39, 0.29) is 5.97 Å². The number of benzene rings is 3. The van der Waals surface area contributed by atoms with E-state index < -0.39 is 0 Å². The summed E-state index contributed by atoms with van der Waals surface area (Å²) in [5, 5.41) is 2.27. The molecule has 0 fully saturated rings. The van der Waals surface area contributed by atoms with Crippen LogP contribution < -0.4 is 4.74 Å². The maximum atomic E-state index is 12.3. The molecule has 0 amide bonds. The van der Waals surface area contributed by atoms with Crippen LogP contribution in [0.15, 0.2) is 66.7 Å². The van der Waals surface area contributed by atoms with E-state index in [9.17, 15) is 4.79 Å². The Balaban J connectivity index is 1.81. The summed E-state index contributed by atoms with van der Waals surface area (Å²) in [5.41, 5.74) is 2.99. The first kappa shape index (κ1) is 16.1. The van der Waals surface area contributed by atoms with Gasteiger partial charge in [-0.2, -0.15) is 0 Å². The summed E-state index contributed by atoms with van der Waals surface area (Å²) in [6.07, 6.45) is 0. The molecule has 132 valence electrons. The van der Waals surface area contributed by atoms with Crippen LogP contribution in [0.4, 0.5) is 0 Å². The number of thiophene rings is 1. The quantitative estimate of drug-likeness (QED) is 0.331. The molecule has 1 aliphatic rings. The maximum absolute atomic E-state index is 12.3. The normalized spacial score (nSPS) is 11.7. The average Bonchev–Trinajstić information content (AvgIpc) is 3.08. The summed E-state index contributed by atoms with van der Waals surface area (Å²) >= 11 is 1.46. The first-order valence-electron chi connectivity index (χ1n) is 8.86. The van der Waals surface area contributed by atoms with E-state index in [0.717, 1.165) is 43.8 Å². The first-order chi connectivity index (χ1) is 13.2. The van der Waals surface area contributed by atoms with Crippen LogP contribution in [0.25, 0.3) is 32.3 Å². The molecule has 0 spiro atoms. The zero-order valence-electron chi connectivity index (χ0n) is 14.7. The SMILES string of the molecule is CCOC(=O)c1cc2c(s1)-c1cc3ccccc3cc1Oc1ccccc1-2. The van der Waals surface area contributed by atoms with Gasteiger partial charge in [-0.3, -0.25) is 0 Å². The summed E-state index contributed by atoms with van der Waals surface area (Å²) in [5.74, 6) is 1.31. The van der Waals surface area contributed by atoms with Crippen molar-refractivity contribution in [3.63, 3.8) is 0 Å². The number of para-hydroxylation sites is 1. The highest BCUT2D eigenvalue weighted by atomic mass is 32.1. The van der Waals surface area contributed by atoms with E-state index in [1.807, 2.05) is 49.4 Å². The van der Waals surface area contributed by atoms with Crippen molar-refractivity contribution in [1.29, 1.82) is 0 Å². The molecule has 0 bridgehead atoms. The van der Waals surface area contributed by atoms with Gasteiger partial charge in [-0.1, -0.05) is 42.5 Å². The lowest BCUT2D eigenvalue weighted by molar-refractivity contribution is 0.0532. The predicted octanol–water partition coefficient (Wildman–Crippen LogP) is 6.52. The number of ether oxygens (including phenoxy) is 2. The van der Waals surface area contributed by atoms with Crippen LogP contribution in [-0.2, 0) is 4.74 Å². The van der Waals surface area contributed by atoms with Crippen molar-refractivity contribution < 1.29 is 14.3 Å². The highest BCUT2D eigenvalue weighted by Crippen LogP contribution is 2.51. The van der Waals surface area contributed by atoms with Gasteiger partial charge in [-0.25, -0.2) is 4.79 Å². The largest absolute Gasteiger partial charge is 0.462 e. The number of fused-ring (bicyclic) bond motifs is 6. The van der Waals surface area contributed by atoms with Crippen LogP contribution in [0.2, 0.25) is 0 Å². The second kappa shape index (κ2) is 6.25. The molecule has 5 rings (SSSR count). The van der Waals surface area contributed by atoms with Gasteiger partial charge in [0.15, 0.2) is 0 Å². The molecule has 3 aromatic carbocycles. The van der Waals surface area contributed by atoms with Crippen molar-refractivity contribution >= 4 is 28.1 Å². The molecule has 0 radical (unpaired) electrons. The third kappa shape index (κ3) is 2.61. The van der Waals surface area contributed by atoms with Gasteiger partial charge in [0.2, 0.25) is 0 Å². The number of carbonyl (C=O) groups is 1. The van der Waals surface area contributed by atoms with Gasteiger partial charge >= 0.3 is 5.97 Å². The van der Waals surface area contributed by atoms with Crippen LogP contribution in [0.1, 0.15) is 16.6 Å². The lowest BCUT2D eigenvalue weighted by Gasteiger charge is -2.10. The average molecular weight is 372 g/mol.